The van der Waals surface area contributed by atoms with Crippen molar-refractivity contribution in [2.24, 2.45) is 0 Å². The van der Waals surface area contributed by atoms with Gasteiger partial charge in [-0.15, -0.1) is 11.3 Å². The SMILES string of the molecule is CCCCN1C(=O)C(c2cccs2)=C(N2CCCc3ccccc32)C1=O. The molecule has 0 atom stereocenters. The number of rotatable bonds is 5. The summed E-state index contributed by atoms with van der Waals surface area (Å²) in [4.78, 5) is 30.7. The lowest BCUT2D eigenvalue weighted by molar-refractivity contribution is -0.136. The minimum atomic E-state index is -0.149. The third-order valence-corrected chi connectivity index (χ3v) is 5.91. The molecule has 134 valence electrons. The molecule has 0 unspecified atom stereocenters. The second kappa shape index (κ2) is 7.08. The topological polar surface area (TPSA) is 40.6 Å². The third kappa shape index (κ3) is 2.76. The molecular formula is C21H22N2O2S. The molecule has 1 aromatic carbocycles. The molecule has 2 aliphatic heterocycles. The Bertz CT molecular complexity index is 870. The van der Waals surface area contributed by atoms with Crippen LogP contribution in [-0.4, -0.2) is 29.8 Å². The summed E-state index contributed by atoms with van der Waals surface area (Å²) < 4.78 is 0. The molecule has 0 bridgehead atoms. The first-order chi connectivity index (χ1) is 12.7. The molecule has 2 aromatic rings. The summed E-state index contributed by atoms with van der Waals surface area (Å²) in [5.74, 6) is -0.299. The van der Waals surface area contributed by atoms with Gasteiger partial charge in [-0.25, -0.2) is 0 Å². The predicted octanol–water partition coefficient (Wildman–Crippen LogP) is 4.08. The van der Waals surface area contributed by atoms with Crippen LogP contribution < -0.4 is 4.90 Å². The van der Waals surface area contributed by atoms with E-state index in [2.05, 4.69) is 24.0 Å². The van der Waals surface area contributed by atoms with E-state index in [-0.39, 0.29) is 11.8 Å². The van der Waals surface area contributed by atoms with Crippen molar-refractivity contribution in [3.8, 4) is 0 Å². The van der Waals surface area contributed by atoms with Gasteiger partial charge >= 0.3 is 0 Å². The number of carbonyl (C=O) groups excluding carboxylic acids is 2. The van der Waals surface area contributed by atoms with Crippen molar-refractivity contribution in [1.82, 2.24) is 4.90 Å². The van der Waals surface area contributed by atoms with E-state index in [1.54, 1.807) is 0 Å². The van der Waals surface area contributed by atoms with Crippen LogP contribution in [0.3, 0.4) is 0 Å². The van der Waals surface area contributed by atoms with E-state index in [9.17, 15) is 9.59 Å². The molecule has 5 heteroatoms. The Morgan fingerprint density at radius 3 is 2.69 bits per heavy atom. The zero-order valence-corrected chi connectivity index (χ0v) is 15.7. The van der Waals surface area contributed by atoms with E-state index < -0.39 is 0 Å². The van der Waals surface area contributed by atoms with Crippen molar-refractivity contribution in [2.75, 3.05) is 18.0 Å². The monoisotopic (exact) mass is 366 g/mol. The Hall–Kier alpha value is -2.40. The molecule has 26 heavy (non-hydrogen) atoms. The molecule has 0 fully saturated rings. The van der Waals surface area contributed by atoms with E-state index in [0.29, 0.717) is 17.8 Å². The summed E-state index contributed by atoms with van der Waals surface area (Å²) in [6, 6.07) is 12.1. The molecule has 2 aliphatic rings. The predicted molar refractivity (Wildman–Crippen MR) is 105 cm³/mol. The highest BCUT2D eigenvalue weighted by molar-refractivity contribution is 7.11. The Morgan fingerprint density at radius 1 is 1.08 bits per heavy atom. The minimum Gasteiger partial charge on any atom is -0.336 e. The van der Waals surface area contributed by atoms with E-state index in [4.69, 9.17) is 0 Å². The highest BCUT2D eigenvalue weighted by Crippen LogP contribution is 2.38. The molecule has 2 amide bonds. The lowest BCUT2D eigenvalue weighted by Gasteiger charge is -2.32. The summed E-state index contributed by atoms with van der Waals surface area (Å²) in [7, 11) is 0. The van der Waals surface area contributed by atoms with Crippen LogP contribution in [-0.2, 0) is 16.0 Å². The number of para-hydroxylation sites is 1. The van der Waals surface area contributed by atoms with Crippen molar-refractivity contribution in [3.05, 3.63) is 57.9 Å². The summed E-state index contributed by atoms with van der Waals surface area (Å²) >= 11 is 1.52. The molecule has 0 radical (unpaired) electrons. The van der Waals surface area contributed by atoms with Gasteiger partial charge in [0.2, 0.25) is 0 Å². The number of amides is 2. The van der Waals surface area contributed by atoms with Crippen molar-refractivity contribution < 1.29 is 9.59 Å². The molecule has 0 saturated carbocycles. The molecular weight excluding hydrogens is 344 g/mol. The van der Waals surface area contributed by atoms with Gasteiger partial charge in [0.05, 0.1) is 5.57 Å². The highest BCUT2D eigenvalue weighted by atomic mass is 32.1. The maximum Gasteiger partial charge on any atom is 0.278 e. The zero-order valence-electron chi connectivity index (χ0n) is 14.9. The average molecular weight is 366 g/mol. The normalized spacial score (nSPS) is 17.3. The first kappa shape index (κ1) is 17.0. The number of imide groups is 1. The number of aryl methyl sites for hydroxylation is 1. The Labute approximate surface area is 157 Å². The van der Waals surface area contributed by atoms with E-state index in [0.717, 1.165) is 42.8 Å². The molecule has 1 aromatic heterocycles. The lowest BCUT2D eigenvalue weighted by Crippen LogP contribution is -2.37. The van der Waals surface area contributed by atoms with Gasteiger partial charge in [-0.3, -0.25) is 14.5 Å². The number of hydrogen-bond donors (Lipinski definition) is 0. The van der Waals surface area contributed by atoms with Crippen LogP contribution in [0.1, 0.15) is 36.6 Å². The van der Waals surface area contributed by atoms with E-state index in [1.165, 1.54) is 21.8 Å². The van der Waals surface area contributed by atoms with Gasteiger partial charge in [0.1, 0.15) is 5.70 Å². The van der Waals surface area contributed by atoms with Gasteiger partial charge in [-0.2, -0.15) is 0 Å². The van der Waals surface area contributed by atoms with Gasteiger partial charge in [-0.1, -0.05) is 37.6 Å². The van der Waals surface area contributed by atoms with Crippen LogP contribution in [0.25, 0.3) is 5.57 Å². The van der Waals surface area contributed by atoms with Crippen LogP contribution >= 0.6 is 11.3 Å². The lowest BCUT2D eigenvalue weighted by atomic mass is 10.00. The van der Waals surface area contributed by atoms with Crippen molar-refractivity contribution in [1.29, 1.82) is 0 Å². The van der Waals surface area contributed by atoms with E-state index in [1.807, 2.05) is 29.6 Å². The number of unbranched alkanes of at least 4 members (excludes halogenated alkanes) is 1. The standard InChI is InChI=1S/C21H22N2O2S/c1-2-3-12-23-20(24)18(17-11-7-14-26-17)19(21(23)25)22-13-6-9-15-8-4-5-10-16(15)22/h4-5,7-8,10-11,14H,2-3,6,9,12-13H2,1H3. The average Bonchev–Trinajstić information content (AvgIpc) is 3.27. The molecule has 0 N–H and O–H groups in total. The number of carbonyl (C=O) groups is 2. The smallest absolute Gasteiger partial charge is 0.278 e. The molecule has 4 rings (SSSR count). The Morgan fingerprint density at radius 2 is 1.92 bits per heavy atom. The van der Waals surface area contributed by atoms with E-state index >= 15 is 0 Å². The van der Waals surface area contributed by atoms with Gasteiger partial charge in [-0.05, 0) is 42.3 Å². The molecule has 4 nitrogen and oxygen atoms in total. The largest absolute Gasteiger partial charge is 0.336 e. The Balaban J connectivity index is 1.83. The van der Waals surface area contributed by atoms with Crippen LogP contribution in [0, 0.1) is 0 Å². The fourth-order valence-electron chi connectivity index (χ4n) is 3.74. The van der Waals surface area contributed by atoms with Crippen LogP contribution in [0.4, 0.5) is 5.69 Å². The summed E-state index contributed by atoms with van der Waals surface area (Å²) in [5, 5.41) is 1.95. The number of nitrogens with zero attached hydrogens (tertiary/aromatic N) is 2. The highest BCUT2D eigenvalue weighted by Gasteiger charge is 2.42. The quantitative estimate of drug-likeness (QED) is 0.749. The maximum absolute atomic E-state index is 13.2. The summed E-state index contributed by atoms with van der Waals surface area (Å²) in [6.07, 6.45) is 3.77. The number of anilines is 1. The second-order valence-electron chi connectivity index (χ2n) is 6.70. The fourth-order valence-corrected chi connectivity index (χ4v) is 4.50. The summed E-state index contributed by atoms with van der Waals surface area (Å²) in [6.45, 7) is 3.32. The van der Waals surface area contributed by atoms with Crippen molar-refractivity contribution in [2.45, 2.75) is 32.6 Å². The number of fused-ring (bicyclic) bond motifs is 1. The number of hydrogen-bond acceptors (Lipinski definition) is 4. The second-order valence-corrected chi connectivity index (χ2v) is 7.65. The van der Waals surface area contributed by atoms with Crippen molar-refractivity contribution in [3.63, 3.8) is 0 Å². The van der Waals surface area contributed by atoms with Gasteiger partial charge in [0.15, 0.2) is 0 Å². The maximum atomic E-state index is 13.2. The first-order valence-electron chi connectivity index (χ1n) is 9.22. The van der Waals surface area contributed by atoms with Crippen LogP contribution in [0.15, 0.2) is 47.5 Å². The molecule has 0 aliphatic carbocycles. The zero-order chi connectivity index (χ0) is 18.1. The van der Waals surface area contributed by atoms with Gasteiger partial charge in [0.25, 0.3) is 11.8 Å². The molecule has 3 heterocycles. The molecule has 0 spiro atoms. The first-order valence-corrected chi connectivity index (χ1v) is 10.1. The number of benzene rings is 1. The van der Waals surface area contributed by atoms with Crippen LogP contribution in [0.2, 0.25) is 0 Å². The fraction of sp³-hybridized carbons (Fsp3) is 0.333. The van der Waals surface area contributed by atoms with Crippen LogP contribution in [0.5, 0.6) is 0 Å². The minimum absolute atomic E-state index is 0.149. The Kier molecular flexibility index (Phi) is 4.64. The van der Waals surface area contributed by atoms with Gasteiger partial charge < -0.3 is 4.90 Å². The van der Waals surface area contributed by atoms with Crippen molar-refractivity contribution >= 4 is 34.4 Å². The summed E-state index contributed by atoms with van der Waals surface area (Å²) in [5.41, 5.74) is 3.42. The van der Waals surface area contributed by atoms with Gasteiger partial charge in [0, 0.05) is 23.7 Å². The molecule has 0 saturated heterocycles. The third-order valence-electron chi connectivity index (χ3n) is 5.03. The number of thiophene rings is 1.